The molecule has 4 rings (SSSR count). The third-order valence-corrected chi connectivity index (χ3v) is 6.94. The third-order valence-electron chi connectivity index (χ3n) is 5.52. The number of hydrogen-bond donors (Lipinski definition) is 2. The Bertz CT molecular complexity index is 1030. The van der Waals surface area contributed by atoms with Gasteiger partial charge in [-0.15, -0.1) is 6.58 Å². The largest absolute Gasteiger partial charge is 0.497 e. The highest BCUT2D eigenvalue weighted by Gasteiger charge is 2.38. The van der Waals surface area contributed by atoms with E-state index in [4.69, 9.17) is 4.74 Å². The molecule has 0 aromatic heterocycles. The molecule has 146 valence electrons. The van der Waals surface area contributed by atoms with Crippen LogP contribution in [-0.4, -0.2) is 22.1 Å². The average Bonchev–Trinajstić information content (AvgIpc) is 3.21. The maximum absolute atomic E-state index is 12.5. The monoisotopic (exact) mass is 396 g/mol. The molecule has 0 saturated heterocycles. The Balaban J connectivity index is 1.71. The van der Waals surface area contributed by atoms with E-state index in [-0.39, 0.29) is 23.4 Å². The van der Waals surface area contributed by atoms with Gasteiger partial charge in [-0.05, 0) is 53.8 Å². The van der Waals surface area contributed by atoms with Crippen LogP contribution in [0.4, 0.5) is 5.69 Å². The van der Waals surface area contributed by atoms with Crippen molar-refractivity contribution in [1.29, 1.82) is 0 Å². The molecule has 2 aliphatic rings. The van der Waals surface area contributed by atoms with Crippen LogP contribution in [0.2, 0.25) is 0 Å². The zero-order chi connectivity index (χ0) is 19.7. The van der Waals surface area contributed by atoms with E-state index < -0.39 is 10.0 Å². The summed E-state index contributed by atoms with van der Waals surface area (Å²) in [6.45, 7) is 3.78. The van der Waals surface area contributed by atoms with Gasteiger partial charge in [0.05, 0.1) is 18.0 Å². The lowest BCUT2D eigenvalue weighted by Crippen LogP contribution is -2.30. The molecule has 28 heavy (non-hydrogen) atoms. The molecule has 3 unspecified atom stereocenters. The molecule has 0 bridgehead atoms. The lowest BCUT2D eigenvalue weighted by molar-refractivity contribution is 0.406. The predicted molar refractivity (Wildman–Crippen MR) is 111 cm³/mol. The lowest BCUT2D eigenvalue weighted by atomic mass is 9.77. The Morgan fingerprint density at radius 2 is 2.14 bits per heavy atom. The van der Waals surface area contributed by atoms with Gasteiger partial charge in [0.2, 0.25) is 10.0 Å². The van der Waals surface area contributed by atoms with Crippen molar-refractivity contribution in [1.82, 2.24) is 4.72 Å². The Kier molecular flexibility index (Phi) is 5.00. The van der Waals surface area contributed by atoms with E-state index in [9.17, 15) is 8.42 Å². The molecule has 2 aromatic rings. The van der Waals surface area contributed by atoms with E-state index >= 15 is 0 Å². The van der Waals surface area contributed by atoms with Crippen molar-refractivity contribution < 1.29 is 13.2 Å². The molecule has 0 radical (unpaired) electrons. The fourth-order valence-electron chi connectivity index (χ4n) is 4.16. The first-order valence-corrected chi connectivity index (χ1v) is 10.8. The van der Waals surface area contributed by atoms with Crippen molar-refractivity contribution in [3.8, 4) is 5.75 Å². The summed E-state index contributed by atoms with van der Waals surface area (Å²) in [5.41, 5.74) is 3.18. The Hall–Kier alpha value is -2.57. The highest BCUT2D eigenvalue weighted by Crippen LogP contribution is 2.50. The van der Waals surface area contributed by atoms with Crippen LogP contribution in [0.3, 0.4) is 0 Å². The van der Waals surface area contributed by atoms with E-state index in [0.717, 1.165) is 23.4 Å². The van der Waals surface area contributed by atoms with Crippen molar-refractivity contribution in [3.05, 3.63) is 78.4 Å². The van der Waals surface area contributed by atoms with Gasteiger partial charge < -0.3 is 10.1 Å². The Labute approximate surface area is 166 Å². The Morgan fingerprint density at radius 1 is 1.29 bits per heavy atom. The number of fused-ring (bicyclic) bond motifs is 3. The van der Waals surface area contributed by atoms with Crippen molar-refractivity contribution in [3.63, 3.8) is 0 Å². The molecule has 1 aliphatic heterocycles. The van der Waals surface area contributed by atoms with E-state index in [1.54, 1.807) is 19.2 Å². The molecule has 6 heteroatoms. The van der Waals surface area contributed by atoms with Gasteiger partial charge in [-0.3, -0.25) is 0 Å². The van der Waals surface area contributed by atoms with Crippen molar-refractivity contribution in [2.75, 3.05) is 19.0 Å². The minimum absolute atomic E-state index is 0.143. The molecule has 2 aromatic carbocycles. The van der Waals surface area contributed by atoms with Crippen LogP contribution in [-0.2, 0) is 10.0 Å². The summed E-state index contributed by atoms with van der Waals surface area (Å²) in [5.74, 6) is 1.35. The minimum Gasteiger partial charge on any atom is -0.497 e. The summed E-state index contributed by atoms with van der Waals surface area (Å²) in [7, 11) is -1.88. The summed E-state index contributed by atoms with van der Waals surface area (Å²) in [6, 6.07) is 13.6. The third kappa shape index (κ3) is 3.34. The summed E-state index contributed by atoms with van der Waals surface area (Å²) in [5, 5.41) is 3.63. The smallest absolute Gasteiger partial charge is 0.240 e. The summed E-state index contributed by atoms with van der Waals surface area (Å²) in [6.07, 6.45) is 6.87. The highest BCUT2D eigenvalue weighted by molar-refractivity contribution is 7.89. The van der Waals surface area contributed by atoms with Crippen molar-refractivity contribution in [2.24, 2.45) is 5.92 Å². The molecule has 0 saturated carbocycles. The molecular formula is C22H24N2O3S. The first-order valence-electron chi connectivity index (χ1n) is 9.35. The zero-order valence-corrected chi connectivity index (χ0v) is 16.6. The predicted octanol–water partition coefficient (Wildman–Crippen LogP) is 3.99. The minimum atomic E-state index is -3.55. The molecule has 3 atom stereocenters. The Morgan fingerprint density at radius 3 is 2.93 bits per heavy atom. The number of benzene rings is 2. The first kappa shape index (κ1) is 18.8. The molecule has 1 heterocycles. The van der Waals surface area contributed by atoms with Crippen molar-refractivity contribution in [2.45, 2.75) is 23.3 Å². The SMILES string of the molecule is C=CCNS(=O)(=O)c1ccc2c(c1)C1C=CCC1C(c1cccc(OC)c1)N2. The van der Waals surface area contributed by atoms with Gasteiger partial charge in [0.25, 0.3) is 0 Å². The number of hydrogen-bond acceptors (Lipinski definition) is 4. The summed E-state index contributed by atoms with van der Waals surface area (Å²) in [4.78, 5) is 0.286. The van der Waals surface area contributed by atoms with E-state index in [2.05, 4.69) is 40.9 Å². The topological polar surface area (TPSA) is 67.4 Å². The lowest BCUT2D eigenvalue weighted by Gasteiger charge is -2.37. The van der Waals surface area contributed by atoms with Crippen LogP contribution in [0.1, 0.15) is 29.5 Å². The van der Waals surface area contributed by atoms with Crippen LogP contribution in [0.25, 0.3) is 0 Å². The van der Waals surface area contributed by atoms with E-state index in [1.807, 2.05) is 18.2 Å². The second-order valence-electron chi connectivity index (χ2n) is 7.14. The van der Waals surface area contributed by atoms with Crippen LogP contribution < -0.4 is 14.8 Å². The molecule has 0 spiro atoms. The van der Waals surface area contributed by atoms with Crippen LogP contribution in [0.5, 0.6) is 5.75 Å². The summed E-state index contributed by atoms with van der Waals surface area (Å²) < 4.78 is 33.0. The van der Waals surface area contributed by atoms with Gasteiger partial charge in [-0.1, -0.05) is 30.4 Å². The quantitative estimate of drug-likeness (QED) is 0.725. The van der Waals surface area contributed by atoms with Gasteiger partial charge in [0.1, 0.15) is 5.75 Å². The second kappa shape index (κ2) is 7.45. The standard InChI is InChI=1S/C22H24N2O3S/c1-3-12-23-28(25,26)17-10-11-21-20(14-17)18-8-5-9-19(18)22(24-21)15-6-4-7-16(13-15)27-2/h3-8,10-11,13-14,18-19,22-24H,1,9,12H2,2H3. The van der Waals surface area contributed by atoms with Crippen molar-refractivity contribution >= 4 is 15.7 Å². The van der Waals surface area contributed by atoms with Gasteiger partial charge in [0.15, 0.2) is 0 Å². The van der Waals surface area contributed by atoms with Crippen LogP contribution in [0.15, 0.2) is 72.2 Å². The molecule has 1 aliphatic carbocycles. The van der Waals surface area contributed by atoms with E-state index in [1.165, 1.54) is 11.6 Å². The van der Waals surface area contributed by atoms with Gasteiger partial charge in [-0.25, -0.2) is 13.1 Å². The fourth-order valence-corrected chi connectivity index (χ4v) is 5.19. The number of rotatable bonds is 6. The van der Waals surface area contributed by atoms with Crippen LogP contribution in [0, 0.1) is 5.92 Å². The number of ether oxygens (including phenoxy) is 1. The first-order chi connectivity index (χ1) is 13.5. The maximum atomic E-state index is 12.5. The number of nitrogens with one attached hydrogen (secondary N) is 2. The number of methoxy groups -OCH3 is 1. The second-order valence-corrected chi connectivity index (χ2v) is 8.91. The molecule has 2 N–H and O–H groups in total. The molecule has 0 fully saturated rings. The number of anilines is 1. The van der Waals surface area contributed by atoms with Crippen LogP contribution >= 0.6 is 0 Å². The maximum Gasteiger partial charge on any atom is 0.240 e. The number of sulfonamides is 1. The zero-order valence-electron chi connectivity index (χ0n) is 15.8. The van der Waals surface area contributed by atoms with Gasteiger partial charge in [0, 0.05) is 18.2 Å². The normalized spacial score (nSPS) is 22.8. The van der Waals surface area contributed by atoms with Gasteiger partial charge >= 0.3 is 0 Å². The van der Waals surface area contributed by atoms with E-state index in [0.29, 0.717) is 5.92 Å². The molecule has 0 amide bonds. The average molecular weight is 397 g/mol. The summed E-state index contributed by atoms with van der Waals surface area (Å²) >= 11 is 0. The number of allylic oxidation sites excluding steroid dienone is 2. The highest BCUT2D eigenvalue weighted by atomic mass is 32.2. The molecular weight excluding hydrogens is 372 g/mol. The van der Waals surface area contributed by atoms with Gasteiger partial charge in [-0.2, -0.15) is 0 Å². The fraction of sp³-hybridized carbons (Fsp3) is 0.273. The molecule has 5 nitrogen and oxygen atoms in total.